The van der Waals surface area contributed by atoms with Gasteiger partial charge in [0.1, 0.15) is 0 Å². The first-order chi connectivity index (χ1) is 11.5. The second-order valence-corrected chi connectivity index (χ2v) is 7.37. The van der Waals surface area contributed by atoms with E-state index >= 15 is 0 Å². The number of rotatable bonds is 4. The van der Waals surface area contributed by atoms with Crippen LogP contribution in [-0.4, -0.2) is 33.9 Å². The van der Waals surface area contributed by atoms with Crippen LogP contribution in [0.15, 0.2) is 24.3 Å². The number of thiazole rings is 1. The third-order valence-electron chi connectivity index (χ3n) is 4.45. The van der Waals surface area contributed by atoms with Gasteiger partial charge in [-0.1, -0.05) is 12.1 Å². The number of fused-ring (bicyclic) bond motifs is 1. The van der Waals surface area contributed by atoms with Gasteiger partial charge < -0.3 is 10.0 Å². The molecule has 0 aliphatic heterocycles. The van der Waals surface area contributed by atoms with Crippen LogP contribution in [-0.2, 0) is 17.6 Å². The Labute approximate surface area is 145 Å². The molecule has 0 bridgehead atoms. The van der Waals surface area contributed by atoms with Crippen molar-refractivity contribution in [2.45, 2.75) is 38.6 Å². The summed E-state index contributed by atoms with van der Waals surface area (Å²) < 4.78 is 0. The minimum absolute atomic E-state index is 0.0435. The Hall–Kier alpha value is -2.21. The molecule has 126 valence electrons. The van der Waals surface area contributed by atoms with Crippen molar-refractivity contribution in [2.75, 3.05) is 7.05 Å². The number of likely N-dealkylation sites (N-methyl/N-ethyl adjacent to an activating group) is 1. The molecule has 3 rings (SSSR count). The predicted octanol–water partition coefficient (Wildman–Crippen LogP) is 3.23. The Balaban J connectivity index is 1.72. The fraction of sp³-hybridized carbons (Fsp3) is 0.389. The molecule has 1 aliphatic rings. The average Bonchev–Trinajstić information content (AvgIpc) is 2.94. The SMILES string of the molecule is Cc1nc2c(s1)[C@H](N(C)C(=O)Cc1ccc(C(=O)O)cc1)CCC2. The molecule has 6 heteroatoms. The maximum absolute atomic E-state index is 12.6. The molecule has 1 aromatic heterocycles. The monoisotopic (exact) mass is 344 g/mol. The topological polar surface area (TPSA) is 70.5 Å². The van der Waals surface area contributed by atoms with Gasteiger partial charge in [0.25, 0.3) is 0 Å². The summed E-state index contributed by atoms with van der Waals surface area (Å²) in [4.78, 5) is 31.1. The van der Waals surface area contributed by atoms with Crippen molar-refractivity contribution < 1.29 is 14.7 Å². The number of hydrogen-bond acceptors (Lipinski definition) is 4. The lowest BCUT2D eigenvalue weighted by molar-refractivity contribution is -0.131. The van der Waals surface area contributed by atoms with E-state index in [0.29, 0.717) is 0 Å². The molecule has 0 fully saturated rings. The highest BCUT2D eigenvalue weighted by Crippen LogP contribution is 2.37. The van der Waals surface area contributed by atoms with Crippen molar-refractivity contribution in [1.29, 1.82) is 0 Å². The van der Waals surface area contributed by atoms with E-state index in [1.165, 1.54) is 17.0 Å². The number of amides is 1. The van der Waals surface area contributed by atoms with Crippen LogP contribution in [0.1, 0.15) is 50.4 Å². The number of carboxylic acids is 1. The van der Waals surface area contributed by atoms with E-state index in [0.717, 1.165) is 35.5 Å². The number of carbonyl (C=O) groups excluding carboxylic acids is 1. The summed E-state index contributed by atoms with van der Waals surface area (Å²) in [6, 6.07) is 6.59. The molecule has 0 spiro atoms. The summed E-state index contributed by atoms with van der Waals surface area (Å²) in [5.41, 5.74) is 2.20. The lowest BCUT2D eigenvalue weighted by atomic mass is 9.96. The molecule has 0 unspecified atom stereocenters. The Morgan fingerprint density at radius 3 is 2.71 bits per heavy atom. The van der Waals surface area contributed by atoms with Gasteiger partial charge in [0.15, 0.2) is 0 Å². The van der Waals surface area contributed by atoms with Gasteiger partial charge in [0.2, 0.25) is 5.91 Å². The summed E-state index contributed by atoms with van der Waals surface area (Å²) >= 11 is 1.69. The van der Waals surface area contributed by atoms with Crippen LogP contribution in [0, 0.1) is 6.92 Å². The van der Waals surface area contributed by atoms with E-state index in [1.807, 2.05) is 18.9 Å². The second kappa shape index (κ2) is 6.73. The van der Waals surface area contributed by atoms with Crippen LogP contribution in [0.4, 0.5) is 0 Å². The number of aromatic nitrogens is 1. The van der Waals surface area contributed by atoms with E-state index in [2.05, 4.69) is 4.98 Å². The van der Waals surface area contributed by atoms with E-state index in [1.54, 1.807) is 23.5 Å². The molecular weight excluding hydrogens is 324 g/mol. The van der Waals surface area contributed by atoms with Gasteiger partial charge >= 0.3 is 5.97 Å². The molecule has 0 saturated heterocycles. The molecule has 5 nitrogen and oxygen atoms in total. The minimum atomic E-state index is -0.958. The Morgan fingerprint density at radius 2 is 2.04 bits per heavy atom. The first-order valence-corrected chi connectivity index (χ1v) is 8.81. The lowest BCUT2D eigenvalue weighted by Crippen LogP contribution is -2.33. The zero-order valence-electron chi connectivity index (χ0n) is 13.8. The predicted molar refractivity (Wildman–Crippen MR) is 92.4 cm³/mol. The quantitative estimate of drug-likeness (QED) is 0.924. The van der Waals surface area contributed by atoms with E-state index in [-0.39, 0.29) is 23.9 Å². The molecular formula is C18H20N2O3S. The maximum atomic E-state index is 12.6. The third kappa shape index (κ3) is 3.33. The summed E-state index contributed by atoms with van der Waals surface area (Å²) in [7, 11) is 1.85. The molecule has 1 aromatic carbocycles. The zero-order chi connectivity index (χ0) is 17.3. The highest BCUT2D eigenvalue weighted by atomic mass is 32.1. The van der Waals surface area contributed by atoms with Crippen LogP contribution < -0.4 is 0 Å². The molecule has 1 amide bonds. The van der Waals surface area contributed by atoms with Gasteiger partial charge in [0.05, 0.1) is 33.6 Å². The number of nitrogens with zero attached hydrogens (tertiary/aromatic N) is 2. The Morgan fingerprint density at radius 1 is 1.33 bits per heavy atom. The zero-order valence-corrected chi connectivity index (χ0v) is 14.6. The van der Waals surface area contributed by atoms with Crippen molar-refractivity contribution in [3.63, 3.8) is 0 Å². The van der Waals surface area contributed by atoms with Crippen LogP contribution in [0.3, 0.4) is 0 Å². The number of benzene rings is 1. The molecule has 1 atom stereocenters. The molecule has 1 heterocycles. The fourth-order valence-corrected chi connectivity index (χ4v) is 4.28. The van der Waals surface area contributed by atoms with Crippen LogP contribution in [0.25, 0.3) is 0 Å². The van der Waals surface area contributed by atoms with Crippen LogP contribution in [0.2, 0.25) is 0 Å². The van der Waals surface area contributed by atoms with Gasteiger partial charge in [-0.05, 0) is 43.9 Å². The second-order valence-electron chi connectivity index (χ2n) is 6.14. The number of aromatic carboxylic acids is 1. The van der Waals surface area contributed by atoms with Crippen molar-refractivity contribution >= 4 is 23.2 Å². The first kappa shape index (κ1) is 16.6. The normalized spacial score (nSPS) is 16.5. The number of carbonyl (C=O) groups is 2. The number of hydrogen-bond donors (Lipinski definition) is 1. The molecule has 0 saturated carbocycles. The van der Waals surface area contributed by atoms with Crippen molar-refractivity contribution in [2.24, 2.45) is 0 Å². The standard InChI is InChI=1S/C18H20N2O3S/c1-11-19-14-4-3-5-15(17(14)24-11)20(2)16(21)10-12-6-8-13(9-7-12)18(22)23/h6-9,15H,3-5,10H2,1-2H3,(H,22,23)/t15-/m1/s1. The number of carboxylic acid groups (broad SMARTS) is 1. The van der Waals surface area contributed by atoms with Crippen molar-refractivity contribution in [3.8, 4) is 0 Å². The van der Waals surface area contributed by atoms with Gasteiger partial charge in [-0.2, -0.15) is 0 Å². The van der Waals surface area contributed by atoms with Gasteiger partial charge in [-0.15, -0.1) is 11.3 Å². The Bertz CT molecular complexity index is 767. The molecule has 1 aliphatic carbocycles. The smallest absolute Gasteiger partial charge is 0.335 e. The van der Waals surface area contributed by atoms with Crippen LogP contribution in [0.5, 0.6) is 0 Å². The largest absolute Gasteiger partial charge is 0.478 e. The van der Waals surface area contributed by atoms with E-state index in [4.69, 9.17) is 5.11 Å². The van der Waals surface area contributed by atoms with Gasteiger partial charge in [0, 0.05) is 7.05 Å². The van der Waals surface area contributed by atoms with E-state index in [9.17, 15) is 9.59 Å². The highest BCUT2D eigenvalue weighted by molar-refractivity contribution is 7.11. The van der Waals surface area contributed by atoms with Crippen molar-refractivity contribution in [3.05, 3.63) is 51.0 Å². The minimum Gasteiger partial charge on any atom is -0.478 e. The van der Waals surface area contributed by atoms with E-state index < -0.39 is 5.97 Å². The lowest BCUT2D eigenvalue weighted by Gasteiger charge is -2.30. The third-order valence-corrected chi connectivity index (χ3v) is 5.56. The first-order valence-electron chi connectivity index (χ1n) is 8.00. The average molecular weight is 344 g/mol. The van der Waals surface area contributed by atoms with Gasteiger partial charge in [-0.25, -0.2) is 9.78 Å². The van der Waals surface area contributed by atoms with Gasteiger partial charge in [-0.3, -0.25) is 4.79 Å². The summed E-state index contributed by atoms with van der Waals surface area (Å²) in [5, 5.41) is 9.98. The Kier molecular flexibility index (Phi) is 4.66. The molecule has 24 heavy (non-hydrogen) atoms. The molecule has 0 radical (unpaired) electrons. The molecule has 1 N–H and O–H groups in total. The molecule has 2 aromatic rings. The van der Waals surface area contributed by atoms with Crippen molar-refractivity contribution in [1.82, 2.24) is 9.88 Å². The summed E-state index contributed by atoms with van der Waals surface area (Å²) in [6.07, 6.45) is 3.29. The highest BCUT2D eigenvalue weighted by Gasteiger charge is 2.29. The van der Waals surface area contributed by atoms with Crippen LogP contribution >= 0.6 is 11.3 Å². The maximum Gasteiger partial charge on any atom is 0.335 e. The summed E-state index contributed by atoms with van der Waals surface area (Å²) in [5.74, 6) is -0.915. The summed E-state index contributed by atoms with van der Waals surface area (Å²) in [6.45, 7) is 2.01. The number of aryl methyl sites for hydroxylation is 2. The fourth-order valence-electron chi connectivity index (χ4n) is 3.13.